The van der Waals surface area contributed by atoms with E-state index in [0.29, 0.717) is 11.1 Å². The molecule has 4 nitrogen and oxygen atoms in total. The standard InChI is InChI=1S/C14H11FNO3.Y/c1-7-4-12-9(5-11(7)15)13(17)10(14(18)19)6-16(12)8-2-3-8;/h4,6,8H,2-3H2,1H3,(H,18,19);/q-1;+3. The van der Waals surface area contributed by atoms with Crippen LogP contribution in [-0.4, -0.2) is 15.6 Å². The van der Waals surface area contributed by atoms with Crippen LogP contribution in [-0.2, 0) is 32.7 Å². The molecule has 1 aliphatic rings. The second-order valence-corrected chi connectivity index (χ2v) is 4.84. The zero-order chi connectivity index (χ0) is 13.7. The van der Waals surface area contributed by atoms with Gasteiger partial charge in [-0.25, -0.2) is 9.18 Å². The smallest absolute Gasteiger partial charge is 0.478 e. The van der Waals surface area contributed by atoms with E-state index in [-0.39, 0.29) is 49.7 Å². The number of fused-ring (bicyclic) bond motifs is 1. The number of pyridine rings is 1. The SMILES string of the molecule is Cc1cc2c([c-]c1F)c(=O)c(C(=O)O)cn2C1CC1.[Y+3]. The van der Waals surface area contributed by atoms with E-state index in [1.54, 1.807) is 17.6 Å². The van der Waals surface area contributed by atoms with Crippen LogP contribution >= 0.6 is 0 Å². The fourth-order valence-corrected chi connectivity index (χ4v) is 2.20. The summed E-state index contributed by atoms with van der Waals surface area (Å²) in [6, 6.07) is 4.15. The van der Waals surface area contributed by atoms with Gasteiger partial charge in [0.15, 0.2) is 0 Å². The molecular formula is C14H11FNO3Y+2. The number of hydrogen-bond donors (Lipinski definition) is 1. The monoisotopic (exact) mass is 349 g/mol. The molecule has 2 aromatic rings. The zero-order valence-corrected chi connectivity index (χ0v) is 13.7. The van der Waals surface area contributed by atoms with Crippen LogP contribution in [0.5, 0.6) is 0 Å². The van der Waals surface area contributed by atoms with Crippen LogP contribution in [0.15, 0.2) is 17.1 Å². The van der Waals surface area contributed by atoms with Crippen molar-refractivity contribution in [2.45, 2.75) is 25.8 Å². The van der Waals surface area contributed by atoms with Crippen LogP contribution in [0.2, 0.25) is 0 Å². The Labute approximate surface area is 139 Å². The predicted molar refractivity (Wildman–Crippen MR) is 67.0 cm³/mol. The average molecular weight is 349 g/mol. The van der Waals surface area contributed by atoms with Crippen LogP contribution in [0.1, 0.15) is 34.8 Å². The molecular weight excluding hydrogens is 338 g/mol. The number of hydrogen-bond acceptors (Lipinski definition) is 2. The maximum atomic E-state index is 13.6. The van der Waals surface area contributed by atoms with Crippen molar-refractivity contribution < 1.29 is 47.0 Å². The van der Waals surface area contributed by atoms with E-state index in [1.165, 1.54) is 6.20 Å². The molecule has 0 spiro atoms. The number of nitrogens with zero attached hydrogens (tertiary/aromatic N) is 1. The summed E-state index contributed by atoms with van der Waals surface area (Å²) in [6.07, 6.45) is 3.23. The Bertz CT molecular complexity index is 765. The van der Waals surface area contributed by atoms with Crippen molar-refractivity contribution in [2.24, 2.45) is 0 Å². The van der Waals surface area contributed by atoms with Crippen LogP contribution in [0, 0.1) is 18.8 Å². The van der Waals surface area contributed by atoms with Gasteiger partial charge < -0.3 is 14.5 Å². The molecule has 0 aliphatic heterocycles. The van der Waals surface area contributed by atoms with Crippen molar-refractivity contribution in [3.05, 3.63) is 45.5 Å². The Kier molecular flexibility index (Phi) is 4.12. The minimum Gasteiger partial charge on any atom is -0.478 e. The van der Waals surface area contributed by atoms with E-state index >= 15 is 0 Å². The molecule has 0 radical (unpaired) electrons. The average Bonchev–Trinajstić information content (AvgIpc) is 3.16. The molecule has 0 bridgehead atoms. The molecule has 1 N–H and O–H groups in total. The van der Waals surface area contributed by atoms with Crippen molar-refractivity contribution in [3.8, 4) is 0 Å². The molecule has 0 amide bonds. The number of halogens is 1. The Morgan fingerprint density at radius 2 is 2.15 bits per heavy atom. The molecule has 0 atom stereocenters. The third kappa shape index (κ3) is 2.44. The molecule has 0 saturated heterocycles. The van der Waals surface area contributed by atoms with Gasteiger partial charge in [-0.2, -0.15) is 0 Å². The Hall–Kier alpha value is -1.07. The Morgan fingerprint density at radius 3 is 2.70 bits per heavy atom. The van der Waals surface area contributed by atoms with Crippen molar-refractivity contribution in [1.82, 2.24) is 4.57 Å². The minimum atomic E-state index is -1.30. The fraction of sp³-hybridized carbons (Fsp3) is 0.286. The van der Waals surface area contributed by atoms with Crippen molar-refractivity contribution in [1.29, 1.82) is 0 Å². The number of rotatable bonds is 2. The van der Waals surface area contributed by atoms with Crippen molar-refractivity contribution in [3.63, 3.8) is 0 Å². The molecule has 6 heteroatoms. The fourth-order valence-electron chi connectivity index (χ4n) is 2.20. The number of carboxylic acid groups (broad SMARTS) is 1. The van der Waals surface area contributed by atoms with Gasteiger partial charge in [-0.3, -0.25) is 0 Å². The summed E-state index contributed by atoms with van der Waals surface area (Å²) >= 11 is 0. The molecule has 1 aromatic heterocycles. The summed E-state index contributed by atoms with van der Waals surface area (Å²) in [5.74, 6) is -1.91. The van der Waals surface area contributed by atoms with Gasteiger partial charge in [-0.15, -0.1) is 6.07 Å². The second-order valence-electron chi connectivity index (χ2n) is 4.84. The molecule has 1 aromatic carbocycles. The third-order valence-corrected chi connectivity index (χ3v) is 3.38. The predicted octanol–water partition coefficient (Wildman–Crippen LogP) is 2.28. The van der Waals surface area contributed by atoms with Gasteiger partial charge in [0.25, 0.3) is 0 Å². The molecule has 98 valence electrons. The summed E-state index contributed by atoms with van der Waals surface area (Å²) in [7, 11) is 0. The maximum absolute atomic E-state index is 13.6. The first-order valence-electron chi connectivity index (χ1n) is 5.99. The summed E-state index contributed by atoms with van der Waals surface area (Å²) in [6.45, 7) is 1.60. The van der Waals surface area contributed by atoms with Gasteiger partial charge in [0.1, 0.15) is 5.43 Å². The topological polar surface area (TPSA) is 59.3 Å². The number of aromatic nitrogens is 1. The first-order valence-corrected chi connectivity index (χ1v) is 5.99. The molecule has 1 heterocycles. The van der Waals surface area contributed by atoms with E-state index in [1.807, 2.05) is 0 Å². The van der Waals surface area contributed by atoms with Crippen LogP contribution in [0.4, 0.5) is 4.39 Å². The van der Waals surface area contributed by atoms with E-state index in [4.69, 9.17) is 5.11 Å². The van der Waals surface area contributed by atoms with Crippen molar-refractivity contribution >= 4 is 16.9 Å². The van der Waals surface area contributed by atoms with Crippen molar-refractivity contribution in [2.75, 3.05) is 0 Å². The summed E-state index contributed by atoms with van der Waals surface area (Å²) in [5.41, 5.74) is -0.0713. The van der Waals surface area contributed by atoms with Gasteiger partial charge >= 0.3 is 38.7 Å². The largest absolute Gasteiger partial charge is 3.00 e. The van der Waals surface area contributed by atoms with E-state index < -0.39 is 17.2 Å². The van der Waals surface area contributed by atoms with Gasteiger partial charge in [0.05, 0.1) is 5.56 Å². The molecule has 0 unspecified atom stereocenters. The van der Waals surface area contributed by atoms with Gasteiger partial charge in [-0.1, -0.05) is 23.9 Å². The number of carbonyl (C=O) groups is 1. The summed E-state index contributed by atoms with van der Waals surface area (Å²) in [4.78, 5) is 23.1. The van der Waals surface area contributed by atoms with Gasteiger partial charge in [0, 0.05) is 18.1 Å². The molecule has 20 heavy (non-hydrogen) atoms. The minimum absolute atomic E-state index is 0. The third-order valence-electron chi connectivity index (χ3n) is 3.38. The first-order chi connectivity index (χ1) is 8.99. The molecule has 3 rings (SSSR count). The summed E-state index contributed by atoms with van der Waals surface area (Å²) in [5, 5.41) is 9.06. The van der Waals surface area contributed by atoms with E-state index in [9.17, 15) is 14.0 Å². The zero-order valence-electron chi connectivity index (χ0n) is 10.8. The molecule has 1 fully saturated rings. The Balaban J connectivity index is 0.00000147. The normalized spacial score (nSPS) is 14.1. The second kappa shape index (κ2) is 5.37. The quantitative estimate of drug-likeness (QED) is 0.847. The van der Waals surface area contributed by atoms with E-state index in [0.717, 1.165) is 12.8 Å². The van der Waals surface area contributed by atoms with Crippen LogP contribution < -0.4 is 5.43 Å². The number of aryl methyl sites for hydroxylation is 1. The van der Waals surface area contributed by atoms with E-state index in [2.05, 4.69) is 6.07 Å². The summed E-state index contributed by atoms with van der Waals surface area (Å²) < 4.78 is 15.3. The Morgan fingerprint density at radius 1 is 1.50 bits per heavy atom. The van der Waals surface area contributed by atoms with Crippen LogP contribution in [0.3, 0.4) is 0 Å². The maximum Gasteiger partial charge on any atom is 3.00 e. The number of aromatic carboxylic acids is 1. The first kappa shape index (κ1) is 15.3. The molecule has 1 saturated carbocycles. The van der Waals surface area contributed by atoms with Gasteiger partial charge in [-0.05, 0) is 18.4 Å². The molecule has 1 aliphatic carbocycles. The number of benzene rings is 1. The van der Waals surface area contributed by atoms with Crippen LogP contribution in [0.25, 0.3) is 10.9 Å². The van der Waals surface area contributed by atoms with Gasteiger partial charge in [0.2, 0.25) is 0 Å². The number of carboxylic acids is 1.